The number of aryl methyl sites for hydroxylation is 2. The highest BCUT2D eigenvalue weighted by Gasteiger charge is 2.10. The van der Waals surface area contributed by atoms with E-state index < -0.39 is 0 Å². The second kappa shape index (κ2) is 8.81. The van der Waals surface area contributed by atoms with Crippen molar-refractivity contribution < 1.29 is 9.59 Å². The lowest BCUT2D eigenvalue weighted by Gasteiger charge is -2.13. The van der Waals surface area contributed by atoms with Crippen LogP contribution in [0.2, 0.25) is 0 Å². The fourth-order valence-corrected chi connectivity index (χ4v) is 2.31. The van der Waals surface area contributed by atoms with Gasteiger partial charge in [-0.2, -0.15) is 0 Å². The number of urea groups is 1. The van der Waals surface area contributed by atoms with Crippen molar-refractivity contribution in [1.82, 2.24) is 25.0 Å². The molecule has 0 bridgehead atoms. The number of hydrogen-bond acceptors (Lipinski definition) is 4. The zero-order valence-corrected chi connectivity index (χ0v) is 14.8. The molecule has 0 saturated heterocycles. The van der Waals surface area contributed by atoms with E-state index in [2.05, 4.69) is 20.8 Å². The Morgan fingerprint density at radius 2 is 1.96 bits per heavy atom. The monoisotopic (exact) mass is 344 g/mol. The van der Waals surface area contributed by atoms with Gasteiger partial charge in [-0.25, -0.2) is 4.79 Å². The third-order valence-electron chi connectivity index (χ3n) is 3.81. The van der Waals surface area contributed by atoms with Gasteiger partial charge in [-0.15, -0.1) is 10.2 Å². The minimum Gasteiger partial charge on any atom is -0.349 e. The number of carbonyl (C=O) groups is 2. The standard InChI is InChI=1S/C17H24N6O2/c1-22(2)16(24)9-8-13-6-4-5-7-14(13)20-17(25)18-11-10-15-21-19-12-23(15)3/h4-7,12H,8-11H2,1-3H3,(H2,18,20,25). The number of hydrogen-bond donors (Lipinski definition) is 2. The first-order chi connectivity index (χ1) is 12.0. The first-order valence-electron chi connectivity index (χ1n) is 8.13. The minimum atomic E-state index is -0.284. The SMILES string of the molecule is CN(C)C(=O)CCc1ccccc1NC(=O)NCCc1nncn1C. The Morgan fingerprint density at radius 3 is 2.64 bits per heavy atom. The normalized spacial score (nSPS) is 10.4. The molecule has 0 aliphatic carbocycles. The Labute approximate surface area is 147 Å². The van der Waals surface area contributed by atoms with Crippen LogP contribution in [0.4, 0.5) is 10.5 Å². The fourth-order valence-electron chi connectivity index (χ4n) is 2.31. The molecule has 25 heavy (non-hydrogen) atoms. The molecule has 1 aromatic carbocycles. The maximum Gasteiger partial charge on any atom is 0.319 e. The molecule has 0 unspecified atom stereocenters. The summed E-state index contributed by atoms with van der Waals surface area (Å²) >= 11 is 0. The molecule has 2 aromatic rings. The molecule has 0 fully saturated rings. The van der Waals surface area contributed by atoms with Crippen LogP contribution in [0.25, 0.3) is 0 Å². The van der Waals surface area contributed by atoms with Crippen LogP contribution in [0.15, 0.2) is 30.6 Å². The quantitative estimate of drug-likeness (QED) is 0.789. The van der Waals surface area contributed by atoms with E-state index in [0.29, 0.717) is 31.5 Å². The van der Waals surface area contributed by atoms with Gasteiger partial charge in [0.15, 0.2) is 0 Å². The van der Waals surface area contributed by atoms with E-state index in [9.17, 15) is 9.59 Å². The molecule has 0 atom stereocenters. The summed E-state index contributed by atoms with van der Waals surface area (Å²) in [5, 5.41) is 13.4. The summed E-state index contributed by atoms with van der Waals surface area (Å²) < 4.78 is 1.82. The highest BCUT2D eigenvalue weighted by molar-refractivity contribution is 5.90. The lowest BCUT2D eigenvalue weighted by Crippen LogP contribution is -2.31. The number of para-hydroxylation sites is 1. The van der Waals surface area contributed by atoms with Gasteiger partial charge < -0.3 is 20.1 Å². The lowest BCUT2D eigenvalue weighted by molar-refractivity contribution is -0.128. The van der Waals surface area contributed by atoms with Crippen LogP contribution in [0.5, 0.6) is 0 Å². The second-order valence-corrected chi connectivity index (χ2v) is 5.93. The number of nitrogens with zero attached hydrogens (tertiary/aromatic N) is 4. The van der Waals surface area contributed by atoms with E-state index in [0.717, 1.165) is 11.4 Å². The predicted molar refractivity (Wildman–Crippen MR) is 95.2 cm³/mol. The van der Waals surface area contributed by atoms with Crippen LogP contribution in [-0.4, -0.2) is 52.2 Å². The summed E-state index contributed by atoms with van der Waals surface area (Å²) in [4.78, 5) is 25.4. The zero-order chi connectivity index (χ0) is 18.2. The zero-order valence-electron chi connectivity index (χ0n) is 14.8. The third kappa shape index (κ3) is 5.59. The van der Waals surface area contributed by atoms with Crippen LogP contribution < -0.4 is 10.6 Å². The van der Waals surface area contributed by atoms with Gasteiger partial charge in [0, 0.05) is 46.2 Å². The van der Waals surface area contributed by atoms with E-state index >= 15 is 0 Å². The van der Waals surface area contributed by atoms with Gasteiger partial charge in [-0.3, -0.25) is 4.79 Å². The van der Waals surface area contributed by atoms with Crippen molar-refractivity contribution in [2.45, 2.75) is 19.3 Å². The molecule has 0 aliphatic heterocycles. The van der Waals surface area contributed by atoms with Crippen LogP contribution in [0.1, 0.15) is 17.8 Å². The summed E-state index contributed by atoms with van der Waals surface area (Å²) in [6, 6.07) is 7.21. The van der Waals surface area contributed by atoms with Crippen molar-refractivity contribution in [3.8, 4) is 0 Å². The Morgan fingerprint density at radius 1 is 1.20 bits per heavy atom. The van der Waals surface area contributed by atoms with E-state index in [-0.39, 0.29) is 11.9 Å². The largest absolute Gasteiger partial charge is 0.349 e. The molecule has 0 aliphatic rings. The predicted octanol–water partition coefficient (Wildman–Crippen LogP) is 1.20. The summed E-state index contributed by atoms with van der Waals surface area (Å²) in [5.74, 6) is 0.867. The molecule has 1 heterocycles. The number of amides is 3. The van der Waals surface area contributed by atoms with Crippen LogP contribution >= 0.6 is 0 Å². The molecule has 8 nitrogen and oxygen atoms in total. The van der Waals surface area contributed by atoms with Gasteiger partial charge in [-0.1, -0.05) is 18.2 Å². The maximum absolute atomic E-state index is 12.1. The summed E-state index contributed by atoms with van der Waals surface area (Å²) in [6.07, 6.45) is 3.20. The van der Waals surface area contributed by atoms with Crippen molar-refractivity contribution in [2.24, 2.45) is 7.05 Å². The maximum atomic E-state index is 12.1. The molecule has 8 heteroatoms. The van der Waals surface area contributed by atoms with Gasteiger partial charge in [0.05, 0.1) is 0 Å². The topological polar surface area (TPSA) is 92.2 Å². The van der Waals surface area contributed by atoms with Crippen molar-refractivity contribution >= 4 is 17.6 Å². The molecule has 1 aromatic heterocycles. The van der Waals surface area contributed by atoms with Gasteiger partial charge in [0.25, 0.3) is 0 Å². The van der Waals surface area contributed by atoms with Gasteiger partial charge in [0.1, 0.15) is 12.2 Å². The molecule has 2 N–H and O–H groups in total. The number of aromatic nitrogens is 3. The summed E-state index contributed by atoms with van der Waals surface area (Å²) in [7, 11) is 5.33. The number of nitrogens with one attached hydrogen (secondary N) is 2. The third-order valence-corrected chi connectivity index (χ3v) is 3.81. The number of anilines is 1. The van der Waals surface area contributed by atoms with E-state index in [1.54, 1.807) is 25.3 Å². The average Bonchev–Trinajstić information content (AvgIpc) is 2.99. The number of rotatable bonds is 7. The second-order valence-electron chi connectivity index (χ2n) is 5.93. The molecular formula is C17H24N6O2. The van der Waals surface area contributed by atoms with Crippen LogP contribution in [-0.2, 0) is 24.7 Å². The average molecular weight is 344 g/mol. The Balaban J connectivity index is 1.85. The molecule has 3 amide bonds. The fraction of sp³-hybridized carbons (Fsp3) is 0.412. The van der Waals surface area contributed by atoms with Gasteiger partial charge >= 0.3 is 6.03 Å². The number of benzene rings is 1. The van der Waals surface area contributed by atoms with E-state index in [4.69, 9.17) is 0 Å². The summed E-state index contributed by atoms with van der Waals surface area (Å²) in [6.45, 7) is 0.458. The Bertz CT molecular complexity index is 725. The van der Waals surface area contributed by atoms with Crippen molar-refractivity contribution in [3.63, 3.8) is 0 Å². The van der Waals surface area contributed by atoms with Gasteiger partial charge in [-0.05, 0) is 18.1 Å². The molecule has 134 valence electrons. The molecule has 2 rings (SSSR count). The highest BCUT2D eigenvalue weighted by Crippen LogP contribution is 2.17. The smallest absolute Gasteiger partial charge is 0.319 e. The first-order valence-corrected chi connectivity index (χ1v) is 8.13. The van der Waals surface area contributed by atoms with Gasteiger partial charge in [0.2, 0.25) is 5.91 Å². The van der Waals surface area contributed by atoms with Crippen molar-refractivity contribution in [2.75, 3.05) is 26.0 Å². The minimum absolute atomic E-state index is 0.0583. The molecular weight excluding hydrogens is 320 g/mol. The van der Waals surface area contributed by atoms with Crippen molar-refractivity contribution in [3.05, 3.63) is 42.0 Å². The molecule has 0 saturated carbocycles. The number of carbonyl (C=O) groups excluding carboxylic acids is 2. The lowest BCUT2D eigenvalue weighted by atomic mass is 10.1. The van der Waals surface area contributed by atoms with Crippen molar-refractivity contribution in [1.29, 1.82) is 0 Å². The molecule has 0 radical (unpaired) electrons. The summed E-state index contributed by atoms with van der Waals surface area (Å²) in [5.41, 5.74) is 1.64. The van der Waals surface area contributed by atoms with E-state index in [1.165, 1.54) is 0 Å². The molecule has 0 spiro atoms. The Hall–Kier alpha value is -2.90. The van der Waals surface area contributed by atoms with Crippen LogP contribution in [0, 0.1) is 0 Å². The van der Waals surface area contributed by atoms with E-state index in [1.807, 2.05) is 35.9 Å². The first kappa shape index (κ1) is 18.4. The highest BCUT2D eigenvalue weighted by atomic mass is 16.2. The Kier molecular flexibility index (Phi) is 6.50. The van der Waals surface area contributed by atoms with Crippen LogP contribution in [0.3, 0.4) is 0 Å².